The van der Waals surface area contributed by atoms with Crippen molar-refractivity contribution in [1.82, 2.24) is 0 Å². The summed E-state index contributed by atoms with van der Waals surface area (Å²) >= 11 is 0. The van der Waals surface area contributed by atoms with Crippen molar-refractivity contribution in [1.29, 1.82) is 0 Å². The summed E-state index contributed by atoms with van der Waals surface area (Å²) in [6.45, 7) is 0. The first-order valence-electron chi connectivity index (χ1n) is 10.2. The second-order valence-electron chi connectivity index (χ2n) is 6.89. The van der Waals surface area contributed by atoms with Crippen molar-refractivity contribution >= 4 is 5.78 Å². The zero-order chi connectivity index (χ0) is 19.6. The Hall–Kier alpha value is -2.29. The number of para-hydroxylation sites is 2. The summed E-state index contributed by atoms with van der Waals surface area (Å²) in [5, 5.41) is 17.3. The van der Waals surface area contributed by atoms with Crippen LogP contribution in [-0.4, -0.2) is 16.0 Å². The van der Waals surface area contributed by atoms with Crippen LogP contribution in [0.3, 0.4) is 0 Å². The summed E-state index contributed by atoms with van der Waals surface area (Å²) in [5.74, 6) is 1.14. The van der Waals surface area contributed by atoms with Crippen LogP contribution in [0.5, 0.6) is 11.5 Å². The molecule has 1 aliphatic carbocycles. The third-order valence-electron chi connectivity index (χ3n) is 4.42. The maximum Gasteiger partial charge on any atom is 0.132 e. The van der Waals surface area contributed by atoms with Gasteiger partial charge in [-0.25, -0.2) is 0 Å². The Morgan fingerprint density at radius 3 is 1.04 bits per heavy atom. The summed E-state index contributed by atoms with van der Waals surface area (Å²) in [7, 11) is 0. The van der Waals surface area contributed by atoms with E-state index in [1.807, 2.05) is 12.1 Å². The SMILES string of the molecule is O=C1CCCCCCCCCCC1.Oc1ccccc1.Oc1ccccc1. The maximum absolute atomic E-state index is 11.3. The smallest absolute Gasteiger partial charge is 0.132 e. The first kappa shape index (κ1) is 22.8. The number of hydrogen-bond donors (Lipinski definition) is 2. The van der Waals surface area contributed by atoms with Gasteiger partial charge in [-0.2, -0.15) is 0 Å². The lowest BCUT2D eigenvalue weighted by atomic mass is 10.0. The second-order valence-corrected chi connectivity index (χ2v) is 6.89. The number of ketones is 1. The maximum atomic E-state index is 11.3. The molecule has 0 radical (unpaired) electrons. The highest BCUT2D eigenvalue weighted by atomic mass is 16.3. The number of carbonyl (C=O) groups is 1. The van der Waals surface area contributed by atoms with Crippen molar-refractivity contribution in [3.05, 3.63) is 60.7 Å². The molecule has 0 saturated heterocycles. The van der Waals surface area contributed by atoms with E-state index in [2.05, 4.69) is 0 Å². The zero-order valence-corrected chi connectivity index (χ0v) is 16.4. The van der Waals surface area contributed by atoms with Crippen LogP contribution in [0, 0.1) is 0 Å². The molecule has 0 amide bonds. The molecule has 3 rings (SSSR count). The average molecular weight is 371 g/mol. The van der Waals surface area contributed by atoms with E-state index in [-0.39, 0.29) is 0 Å². The molecule has 2 aromatic rings. The Labute approximate surface area is 164 Å². The molecule has 0 heterocycles. The number of phenols is 2. The number of rotatable bonds is 0. The molecule has 27 heavy (non-hydrogen) atoms. The molecular formula is C24H34O3. The van der Waals surface area contributed by atoms with Gasteiger partial charge < -0.3 is 10.2 Å². The fourth-order valence-electron chi connectivity index (χ4n) is 2.86. The van der Waals surface area contributed by atoms with Gasteiger partial charge in [0.1, 0.15) is 17.3 Å². The zero-order valence-electron chi connectivity index (χ0n) is 16.4. The number of benzene rings is 2. The van der Waals surface area contributed by atoms with Crippen LogP contribution < -0.4 is 0 Å². The monoisotopic (exact) mass is 370 g/mol. The van der Waals surface area contributed by atoms with Gasteiger partial charge in [0.2, 0.25) is 0 Å². The number of carbonyl (C=O) groups excluding carboxylic acids is 1. The number of phenolic OH excluding ortho intramolecular Hbond substituents is 2. The van der Waals surface area contributed by atoms with E-state index in [0.717, 1.165) is 25.7 Å². The second kappa shape index (κ2) is 15.9. The van der Waals surface area contributed by atoms with Crippen LogP contribution in [-0.2, 0) is 4.79 Å². The molecule has 0 spiro atoms. The minimum absolute atomic E-state index is 0.322. The molecular weight excluding hydrogens is 336 g/mol. The molecule has 1 saturated carbocycles. The predicted molar refractivity (Wildman–Crippen MR) is 112 cm³/mol. The molecule has 0 aromatic heterocycles. The third-order valence-corrected chi connectivity index (χ3v) is 4.42. The van der Waals surface area contributed by atoms with E-state index in [4.69, 9.17) is 10.2 Å². The van der Waals surface area contributed by atoms with Gasteiger partial charge in [-0.05, 0) is 37.1 Å². The molecule has 2 N–H and O–H groups in total. The van der Waals surface area contributed by atoms with Crippen LogP contribution in [0.15, 0.2) is 60.7 Å². The normalized spacial score (nSPS) is 15.6. The molecule has 3 nitrogen and oxygen atoms in total. The summed E-state index contributed by atoms with van der Waals surface area (Å²) in [6.07, 6.45) is 13.4. The summed E-state index contributed by atoms with van der Waals surface area (Å²) < 4.78 is 0. The van der Waals surface area contributed by atoms with E-state index in [0.29, 0.717) is 17.3 Å². The highest BCUT2D eigenvalue weighted by molar-refractivity contribution is 5.78. The van der Waals surface area contributed by atoms with Crippen LogP contribution >= 0.6 is 0 Å². The molecule has 0 unspecified atom stereocenters. The molecule has 3 heteroatoms. The fourth-order valence-corrected chi connectivity index (χ4v) is 2.86. The summed E-state index contributed by atoms with van der Waals surface area (Å²) in [5.41, 5.74) is 0. The third kappa shape index (κ3) is 14.6. The Balaban J connectivity index is 0.000000220. The lowest BCUT2D eigenvalue weighted by molar-refractivity contribution is -0.119. The van der Waals surface area contributed by atoms with Gasteiger partial charge >= 0.3 is 0 Å². The lowest BCUT2D eigenvalue weighted by Crippen LogP contribution is -1.98. The van der Waals surface area contributed by atoms with Gasteiger partial charge in [0.15, 0.2) is 0 Å². The van der Waals surface area contributed by atoms with E-state index in [1.54, 1.807) is 48.5 Å². The van der Waals surface area contributed by atoms with Crippen molar-refractivity contribution < 1.29 is 15.0 Å². The lowest BCUT2D eigenvalue weighted by Gasteiger charge is -2.05. The van der Waals surface area contributed by atoms with Gasteiger partial charge in [0.25, 0.3) is 0 Å². The van der Waals surface area contributed by atoms with Crippen LogP contribution in [0.2, 0.25) is 0 Å². The highest BCUT2D eigenvalue weighted by Gasteiger charge is 2.03. The summed E-state index contributed by atoms with van der Waals surface area (Å²) in [6, 6.07) is 17.4. The van der Waals surface area contributed by atoms with Gasteiger partial charge in [0, 0.05) is 12.8 Å². The van der Waals surface area contributed by atoms with E-state index >= 15 is 0 Å². The molecule has 0 atom stereocenters. The number of Topliss-reactive ketones (excluding diaryl/α,β-unsaturated/α-hetero) is 1. The van der Waals surface area contributed by atoms with Crippen molar-refractivity contribution in [2.45, 2.75) is 70.6 Å². The quantitative estimate of drug-likeness (QED) is 0.546. The van der Waals surface area contributed by atoms with Crippen molar-refractivity contribution in [2.24, 2.45) is 0 Å². The van der Waals surface area contributed by atoms with E-state index < -0.39 is 0 Å². The molecule has 0 aliphatic heterocycles. The van der Waals surface area contributed by atoms with Crippen LogP contribution in [0.4, 0.5) is 0 Å². The van der Waals surface area contributed by atoms with E-state index in [9.17, 15) is 4.79 Å². The first-order chi connectivity index (χ1) is 13.2. The van der Waals surface area contributed by atoms with Crippen LogP contribution in [0.25, 0.3) is 0 Å². The number of hydrogen-bond acceptors (Lipinski definition) is 3. The van der Waals surface area contributed by atoms with E-state index in [1.165, 1.54) is 44.9 Å². The summed E-state index contributed by atoms with van der Waals surface area (Å²) in [4.78, 5) is 11.3. The van der Waals surface area contributed by atoms with Crippen molar-refractivity contribution in [2.75, 3.05) is 0 Å². The average Bonchev–Trinajstić information content (AvgIpc) is 2.67. The largest absolute Gasteiger partial charge is 0.508 e. The topological polar surface area (TPSA) is 57.5 Å². The highest BCUT2D eigenvalue weighted by Crippen LogP contribution is 2.14. The van der Waals surface area contributed by atoms with Gasteiger partial charge in [0.05, 0.1) is 0 Å². The van der Waals surface area contributed by atoms with Crippen molar-refractivity contribution in [3.8, 4) is 11.5 Å². The van der Waals surface area contributed by atoms with Gasteiger partial charge in [-0.3, -0.25) is 4.79 Å². The first-order valence-corrected chi connectivity index (χ1v) is 10.2. The van der Waals surface area contributed by atoms with Gasteiger partial charge in [-0.15, -0.1) is 0 Å². The van der Waals surface area contributed by atoms with Crippen LogP contribution in [0.1, 0.15) is 70.6 Å². The molecule has 0 bridgehead atoms. The molecule has 1 aliphatic rings. The minimum Gasteiger partial charge on any atom is -0.508 e. The fraction of sp³-hybridized carbons (Fsp3) is 0.458. The molecule has 2 aromatic carbocycles. The Morgan fingerprint density at radius 2 is 0.778 bits per heavy atom. The Morgan fingerprint density at radius 1 is 0.481 bits per heavy atom. The molecule has 1 fully saturated rings. The number of aromatic hydroxyl groups is 2. The van der Waals surface area contributed by atoms with Gasteiger partial charge in [-0.1, -0.05) is 81.3 Å². The molecule has 148 valence electrons. The minimum atomic E-state index is 0.322. The van der Waals surface area contributed by atoms with Crippen molar-refractivity contribution in [3.63, 3.8) is 0 Å². The Kier molecular flexibility index (Phi) is 13.4. The predicted octanol–water partition coefficient (Wildman–Crippen LogP) is 6.64. The Bertz CT molecular complexity index is 530. The standard InChI is InChI=1S/C12H22O.2C6H6O/c13-12-10-8-6-4-2-1-3-5-7-9-11-12;2*7-6-4-2-1-3-5-6/h1-11H2;2*1-5,7H.